The van der Waals surface area contributed by atoms with Crippen LogP contribution in [-0.2, 0) is 14.8 Å². The lowest BCUT2D eigenvalue weighted by atomic mass is 9.70. The molecule has 2 aliphatic rings. The van der Waals surface area contributed by atoms with Gasteiger partial charge in [-0.05, 0) is 43.2 Å². The highest BCUT2D eigenvalue weighted by Crippen LogP contribution is 2.64. The molecule has 0 saturated heterocycles. The predicted octanol–water partition coefficient (Wildman–Crippen LogP) is 2.88. The van der Waals surface area contributed by atoms with Gasteiger partial charge in [0, 0.05) is 29.4 Å². The van der Waals surface area contributed by atoms with Crippen LogP contribution >= 0.6 is 0 Å². The molecule has 4 rings (SSSR count). The maximum atomic E-state index is 13.0. The molecule has 2 atom stereocenters. The fourth-order valence-electron chi connectivity index (χ4n) is 5.09. The summed E-state index contributed by atoms with van der Waals surface area (Å²) in [6.07, 6.45) is 2.00. The smallest absolute Gasteiger partial charge is 0.251 e. The number of carbonyl (C=O) groups excluding carboxylic acids is 1. The number of aryl methyl sites for hydroxylation is 1. The molecule has 29 heavy (non-hydrogen) atoms. The number of sulfonamides is 1. The maximum Gasteiger partial charge on any atom is 0.251 e. The second-order valence-corrected chi connectivity index (χ2v) is 10.6. The lowest BCUT2D eigenvalue weighted by Gasteiger charge is -2.36. The highest BCUT2D eigenvalue weighted by molar-refractivity contribution is 7.92. The first kappa shape index (κ1) is 19.8. The van der Waals surface area contributed by atoms with Crippen LogP contribution in [0.1, 0.15) is 38.8 Å². The topological polar surface area (TPSA) is 109 Å². The third-order valence-corrected chi connectivity index (χ3v) is 8.27. The van der Waals surface area contributed by atoms with Crippen LogP contribution < -0.4 is 10.3 Å². The van der Waals surface area contributed by atoms with Crippen LogP contribution in [0.3, 0.4) is 0 Å². The van der Waals surface area contributed by atoms with Gasteiger partial charge in [0.25, 0.3) is 5.56 Å². The monoisotopic (exact) mass is 415 g/mol. The van der Waals surface area contributed by atoms with Crippen molar-refractivity contribution in [1.82, 2.24) is 9.97 Å². The van der Waals surface area contributed by atoms with Gasteiger partial charge in [-0.15, -0.1) is 0 Å². The van der Waals surface area contributed by atoms with Crippen LogP contribution in [0.4, 0.5) is 5.69 Å². The van der Waals surface area contributed by atoms with Crippen LogP contribution in [0.2, 0.25) is 0 Å². The summed E-state index contributed by atoms with van der Waals surface area (Å²) in [5.74, 6) is 0.504. The van der Waals surface area contributed by atoms with Gasteiger partial charge in [-0.25, -0.2) is 13.4 Å². The van der Waals surface area contributed by atoms with Gasteiger partial charge in [0.2, 0.25) is 10.0 Å². The zero-order valence-electron chi connectivity index (χ0n) is 16.8. The summed E-state index contributed by atoms with van der Waals surface area (Å²) >= 11 is 0. The van der Waals surface area contributed by atoms with Gasteiger partial charge in [-0.3, -0.25) is 14.3 Å². The second kappa shape index (κ2) is 6.52. The van der Waals surface area contributed by atoms with E-state index in [1.165, 1.54) is 6.07 Å². The fraction of sp³-hybridized carbons (Fsp3) is 0.476. The minimum Gasteiger partial charge on any atom is -0.307 e. The average Bonchev–Trinajstić information content (AvgIpc) is 2.94. The summed E-state index contributed by atoms with van der Waals surface area (Å²) < 4.78 is 28.6. The lowest BCUT2D eigenvalue weighted by Crippen LogP contribution is -2.43. The van der Waals surface area contributed by atoms with Crippen LogP contribution in [0.5, 0.6) is 0 Å². The van der Waals surface area contributed by atoms with Gasteiger partial charge in [0.1, 0.15) is 11.6 Å². The summed E-state index contributed by atoms with van der Waals surface area (Å²) in [6.45, 7) is 5.76. The molecule has 2 aromatic rings. The third kappa shape index (κ3) is 3.29. The minimum absolute atomic E-state index is 0.0689. The van der Waals surface area contributed by atoms with E-state index in [1.807, 2.05) is 13.8 Å². The van der Waals surface area contributed by atoms with Gasteiger partial charge in [0.15, 0.2) is 0 Å². The van der Waals surface area contributed by atoms with Crippen LogP contribution in [0, 0.1) is 23.7 Å². The number of anilines is 1. The summed E-state index contributed by atoms with van der Waals surface area (Å²) in [5.41, 5.74) is 0.154. The van der Waals surface area contributed by atoms with Crippen molar-refractivity contribution < 1.29 is 13.2 Å². The number of nitrogens with one attached hydrogen (secondary N) is 2. The Morgan fingerprint density at radius 3 is 2.62 bits per heavy atom. The van der Waals surface area contributed by atoms with Crippen molar-refractivity contribution in [3.05, 3.63) is 46.4 Å². The molecule has 0 spiro atoms. The van der Waals surface area contributed by atoms with E-state index in [0.29, 0.717) is 35.6 Å². The predicted molar refractivity (Wildman–Crippen MR) is 111 cm³/mol. The van der Waals surface area contributed by atoms with Crippen molar-refractivity contribution in [2.75, 3.05) is 10.5 Å². The molecule has 0 amide bonds. The van der Waals surface area contributed by atoms with E-state index < -0.39 is 15.4 Å². The Kier molecular flexibility index (Phi) is 4.45. The zero-order valence-corrected chi connectivity index (χ0v) is 17.6. The molecule has 2 unspecified atom stereocenters. The summed E-state index contributed by atoms with van der Waals surface area (Å²) in [7, 11) is -3.74. The van der Waals surface area contributed by atoms with Crippen molar-refractivity contribution in [2.24, 2.45) is 16.7 Å². The maximum absolute atomic E-state index is 13.0. The molecule has 8 heteroatoms. The second-order valence-electron chi connectivity index (χ2n) is 8.84. The zero-order chi connectivity index (χ0) is 21.0. The lowest BCUT2D eigenvalue weighted by molar-refractivity contribution is -0.128. The Morgan fingerprint density at radius 2 is 2.00 bits per heavy atom. The van der Waals surface area contributed by atoms with Gasteiger partial charge >= 0.3 is 0 Å². The molecular weight excluding hydrogens is 390 g/mol. The fourth-order valence-corrected chi connectivity index (χ4v) is 6.98. The Hall–Kier alpha value is -2.48. The number of ketones is 1. The van der Waals surface area contributed by atoms with E-state index >= 15 is 0 Å². The molecule has 1 heterocycles. The van der Waals surface area contributed by atoms with Crippen LogP contribution in [0.15, 0.2) is 35.1 Å². The normalized spacial score (nSPS) is 25.3. The number of nitrogens with zero attached hydrogens (tertiary/aromatic N) is 1. The molecule has 1 aromatic carbocycles. The molecular formula is C21H25N3O4S. The van der Waals surface area contributed by atoms with Gasteiger partial charge in [0.05, 0.1) is 11.2 Å². The minimum atomic E-state index is -3.74. The summed E-state index contributed by atoms with van der Waals surface area (Å²) in [4.78, 5) is 31.4. The molecule has 2 N–H and O–H groups in total. The number of Topliss-reactive ketones (excluding diaryl/α,β-unsaturated/α-hetero) is 1. The molecule has 2 bridgehead atoms. The first-order valence-electron chi connectivity index (χ1n) is 9.75. The Bertz CT molecular complexity index is 1150. The average molecular weight is 416 g/mol. The van der Waals surface area contributed by atoms with E-state index in [0.717, 1.165) is 6.42 Å². The highest BCUT2D eigenvalue weighted by Gasteiger charge is 2.65. The van der Waals surface area contributed by atoms with E-state index in [2.05, 4.69) is 14.7 Å². The molecule has 7 nitrogen and oxygen atoms in total. The van der Waals surface area contributed by atoms with E-state index in [9.17, 15) is 18.0 Å². The van der Waals surface area contributed by atoms with Crippen molar-refractivity contribution >= 4 is 21.5 Å². The van der Waals surface area contributed by atoms with Gasteiger partial charge in [-0.2, -0.15) is 0 Å². The number of carbonyl (C=O) groups is 1. The quantitative estimate of drug-likeness (QED) is 0.780. The number of aromatic nitrogens is 2. The number of fused-ring (bicyclic) bond motifs is 2. The molecule has 2 saturated carbocycles. The van der Waals surface area contributed by atoms with Crippen molar-refractivity contribution in [3.8, 4) is 11.4 Å². The molecule has 2 fully saturated rings. The summed E-state index contributed by atoms with van der Waals surface area (Å²) in [6, 6.07) is 8.12. The van der Waals surface area contributed by atoms with E-state index in [4.69, 9.17) is 0 Å². The largest absolute Gasteiger partial charge is 0.307 e. The molecule has 1 aromatic heterocycles. The number of hydrogen-bond donors (Lipinski definition) is 2. The number of aromatic amines is 1. The van der Waals surface area contributed by atoms with Gasteiger partial charge in [-0.1, -0.05) is 26.0 Å². The van der Waals surface area contributed by atoms with Crippen molar-refractivity contribution in [1.29, 1.82) is 0 Å². The first-order valence-corrected chi connectivity index (χ1v) is 11.4. The van der Waals surface area contributed by atoms with E-state index in [1.54, 1.807) is 31.2 Å². The Labute approximate surface area is 170 Å². The van der Waals surface area contributed by atoms with Crippen LogP contribution in [-0.4, -0.2) is 29.9 Å². The first-order chi connectivity index (χ1) is 13.5. The Morgan fingerprint density at radius 1 is 1.24 bits per heavy atom. The third-order valence-electron chi connectivity index (χ3n) is 6.85. The number of rotatable bonds is 5. The van der Waals surface area contributed by atoms with Crippen molar-refractivity contribution in [3.63, 3.8) is 0 Å². The number of benzene rings is 1. The SMILES string of the molecule is Cc1cc(=O)[nH]c(-c2cccc(NS(=O)(=O)CC34CCC(CC3=O)C4(C)C)c2)n1. The van der Waals surface area contributed by atoms with E-state index in [-0.39, 0.29) is 28.4 Å². The molecule has 0 radical (unpaired) electrons. The standard InChI is InChI=1S/C21H25N3O4S/c1-13-9-18(26)23-19(22-13)14-5-4-6-16(10-14)24-29(27,28)12-21-8-7-15(11-17(21)25)20(21,2)3/h4-6,9-10,15,24H,7-8,11-12H2,1-3H3,(H,22,23,26). The Balaban J connectivity index is 1.61. The molecule has 2 aliphatic carbocycles. The number of hydrogen-bond acceptors (Lipinski definition) is 5. The highest BCUT2D eigenvalue weighted by atomic mass is 32.2. The van der Waals surface area contributed by atoms with Gasteiger partial charge < -0.3 is 4.98 Å². The van der Waals surface area contributed by atoms with Crippen LogP contribution in [0.25, 0.3) is 11.4 Å². The molecule has 0 aliphatic heterocycles. The number of H-pyrrole nitrogens is 1. The molecule has 154 valence electrons. The summed E-state index contributed by atoms with van der Waals surface area (Å²) in [5, 5.41) is 0. The van der Waals surface area contributed by atoms with Crippen molar-refractivity contribution in [2.45, 2.75) is 40.0 Å².